The minimum absolute atomic E-state index is 0.446. The zero-order valence-corrected chi connectivity index (χ0v) is 12.6. The van der Waals surface area contributed by atoms with E-state index in [2.05, 4.69) is 0 Å². The minimum atomic E-state index is -5.08. The van der Waals surface area contributed by atoms with Crippen molar-refractivity contribution < 1.29 is 22.8 Å². The van der Waals surface area contributed by atoms with Crippen LogP contribution in [0.3, 0.4) is 0 Å². The summed E-state index contributed by atoms with van der Waals surface area (Å²) in [7, 11) is 0.670. The molecular weight excluding hydrogens is 292 g/mol. The molecule has 1 atom stereocenters. The average molecular weight is 310 g/mol. The van der Waals surface area contributed by atoms with E-state index in [1.807, 2.05) is 0 Å². The SMILES string of the molecule is CN(C)P(=O)(N(C)C)C(O)(c1ccccc1)C(F)(F)F. The van der Waals surface area contributed by atoms with Gasteiger partial charge in [-0.15, -0.1) is 0 Å². The maximum absolute atomic E-state index is 13.5. The minimum Gasteiger partial charge on any atom is -0.368 e. The average Bonchev–Trinajstić information content (AvgIpc) is 2.35. The monoisotopic (exact) mass is 310 g/mol. The van der Waals surface area contributed by atoms with Crippen molar-refractivity contribution >= 4 is 7.44 Å². The number of benzene rings is 1. The Bertz CT molecular complexity index is 493. The Morgan fingerprint density at radius 1 is 1.00 bits per heavy atom. The normalized spacial score (nSPS) is 16.5. The molecule has 0 aliphatic heterocycles. The third-order valence-electron chi connectivity index (χ3n) is 3.08. The second-order valence-electron chi connectivity index (χ2n) is 4.77. The summed E-state index contributed by atoms with van der Waals surface area (Å²) in [6.45, 7) is 0. The number of alkyl halides is 3. The first-order valence-corrected chi connectivity index (χ1v) is 7.41. The van der Waals surface area contributed by atoms with Gasteiger partial charge in [-0.1, -0.05) is 30.3 Å². The maximum Gasteiger partial charge on any atom is 0.431 e. The Morgan fingerprint density at radius 3 is 1.70 bits per heavy atom. The van der Waals surface area contributed by atoms with Gasteiger partial charge in [0.25, 0.3) is 12.8 Å². The van der Waals surface area contributed by atoms with Gasteiger partial charge in [0.2, 0.25) is 0 Å². The molecule has 0 radical (unpaired) electrons. The molecule has 0 aromatic heterocycles. The molecule has 0 aliphatic carbocycles. The van der Waals surface area contributed by atoms with Crippen LogP contribution in [0.15, 0.2) is 30.3 Å². The number of hydrogen-bond acceptors (Lipinski definition) is 2. The van der Waals surface area contributed by atoms with Crippen LogP contribution in [0.25, 0.3) is 0 Å². The molecule has 0 amide bonds. The molecule has 0 heterocycles. The molecule has 0 aliphatic rings. The van der Waals surface area contributed by atoms with Crippen molar-refractivity contribution in [3.05, 3.63) is 35.9 Å². The van der Waals surface area contributed by atoms with E-state index in [4.69, 9.17) is 0 Å². The molecule has 1 aromatic carbocycles. The topological polar surface area (TPSA) is 43.8 Å². The highest BCUT2D eigenvalue weighted by atomic mass is 31.2. The van der Waals surface area contributed by atoms with Crippen molar-refractivity contribution in [3.8, 4) is 0 Å². The van der Waals surface area contributed by atoms with Crippen molar-refractivity contribution in [1.29, 1.82) is 0 Å². The van der Waals surface area contributed by atoms with E-state index in [0.29, 0.717) is 0 Å². The van der Waals surface area contributed by atoms with E-state index in [-0.39, 0.29) is 0 Å². The van der Waals surface area contributed by atoms with E-state index in [1.165, 1.54) is 46.4 Å². The van der Waals surface area contributed by atoms with Crippen LogP contribution in [0.5, 0.6) is 0 Å². The van der Waals surface area contributed by atoms with Crippen molar-refractivity contribution in [1.82, 2.24) is 9.34 Å². The van der Waals surface area contributed by atoms with E-state index >= 15 is 0 Å². The molecule has 8 heteroatoms. The summed E-state index contributed by atoms with van der Waals surface area (Å²) < 4.78 is 55.4. The Morgan fingerprint density at radius 2 is 1.40 bits per heavy atom. The van der Waals surface area contributed by atoms with E-state index in [1.54, 1.807) is 0 Å². The van der Waals surface area contributed by atoms with Gasteiger partial charge in [0, 0.05) is 5.56 Å². The molecular formula is C12H18F3N2O2P. The summed E-state index contributed by atoms with van der Waals surface area (Å²) >= 11 is 0. The van der Waals surface area contributed by atoms with Crippen LogP contribution in [-0.2, 0) is 9.91 Å². The van der Waals surface area contributed by atoms with Crippen LogP contribution in [0.2, 0.25) is 0 Å². The Balaban J connectivity index is 3.68. The van der Waals surface area contributed by atoms with Gasteiger partial charge in [-0.3, -0.25) is 4.57 Å². The van der Waals surface area contributed by atoms with Gasteiger partial charge in [0.05, 0.1) is 0 Å². The lowest BCUT2D eigenvalue weighted by atomic mass is 10.1. The Hall–Kier alpha value is -0.880. The molecule has 0 fully saturated rings. The molecule has 0 saturated heterocycles. The fraction of sp³-hybridized carbons (Fsp3) is 0.500. The van der Waals surface area contributed by atoms with Crippen molar-refractivity contribution in [2.45, 2.75) is 11.5 Å². The Kier molecular flexibility index (Phi) is 4.71. The lowest BCUT2D eigenvalue weighted by Gasteiger charge is -2.43. The van der Waals surface area contributed by atoms with Gasteiger partial charge in [-0.2, -0.15) is 13.2 Å². The molecule has 1 N–H and O–H groups in total. The first-order valence-electron chi connectivity index (χ1n) is 5.80. The summed E-state index contributed by atoms with van der Waals surface area (Å²) in [5, 5.41) is 6.94. The van der Waals surface area contributed by atoms with Gasteiger partial charge < -0.3 is 5.11 Å². The second-order valence-corrected chi connectivity index (χ2v) is 8.11. The van der Waals surface area contributed by atoms with Crippen molar-refractivity contribution in [3.63, 3.8) is 0 Å². The zero-order valence-electron chi connectivity index (χ0n) is 11.7. The lowest BCUT2D eigenvalue weighted by Crippen LogP contribution is -2.48. The molecule has 1 rings (SSSR count). The van der Waals surface area contributed by atoms with E-state index < -0.39 is 24.5 Å². The van der Waals surface area contributed by atoms with Gasteiger partial charge in [0.1, 0.15) is 0 Å². The highest BCUT2D eigenvalue weighted by Gasteiger charge is 2.68. The van der Waals surface area contributed by atoms with Gasteiger partial charge in [0.15, 0.2) is 0 Å². The molecule has 0 saturated carbocycles. The van der Waals surface area contributed by atoms with Crippen LogP contribution >= 0.6 is 7.44 Å². The van der Waals surface area contributed by atoms with E-state index in [9.17, 15) is 22.8 Å². The maximum atomic E-state index is 13.5. The number of aliphatic hydroxyl groups is 1. The first-order chi connectivity index (χ1) is 8.99. The fourth-order valence-electron chi connectivity index (χ4n) is 2.10. The molecule has 1 aromatic rings. The largest absolute Gasteiger partial charge is 0.431 e. The lowest BCUT2D eigenvalue weighted by molar-refractivity contribution is -0.232. The van der Waals surface area contributed by atoms with Crippen LogP contribution < -0.4 is 0 Å². The van der Waals surface area contributed by atoms with Gasteiger partial charge >= 0.3 is 6.18 Å². The Labute approximate surface area is 116 Å². The smallest absolute Gasteiger partial charge is 0.368 e. The predicted molar refractivity (Wildman–Crippen MR) is 71.4 cm³/mol. The third-order valence-corrected chi connectivity index (χ3v) is 6.60. The molecule has 0 bridgehead atoms. The van der Waals surface area contributed by atoms with Crippen molar-refractivity contribution in [2.24, 2.45) is 0 Å². The quantitative estimate of drug-likeness (QED) is 0.869. The fourth-order valence-corrected chi connectivity index (χ4v) is 4.79. The van der Waals surface area contributed by atoms with Crippen LogP contribution in [-0.4, -0.2) is 48.8 Å². The third kappa shape index (κ3) is 2.39. The summed E-state index contributed by atoms with van der Waals surface area (Å²) in [4.78, 5) is 0. The molecule has 20 heavy (non-hydrogen) atoms. The van der Waals surface area contributed by atoms with Crippen LogP contribution in [0, 0.1) is 0 Å². The number of hydrogen-bond donors (Lipinski definition) is 1. The summed E-state index contributed by atoms with van der Waals surface area (Å²) in [5.74, 6) is 0. The zero-order chi connectivity index (χ0) is 15.8. The number of rotatable bonds is 4. The molecule has 114 valence electrons. The van der Waals surface area contributed by atoms with Crippen LogP contribution in [0.1, 0.15) is 5.56 Å². The molecule has 4 nitrogen and oxygen atoms in total. The van der Waals surface area contributed by atoms with Gasteiger partial charge in [-0.05, 0) is 28.2 Å². The number of halogens is 3. The van der Waals surface area contributed by atoms with Crippen molar-refractivity contribution in [2.75, 3.05) is 28.2 Å². The summed E-state index contributed by atoms with van der Waals surface area (Å²) in [5.41, 5.74) is -0.446. The second kappa shape index (κ2) is 5.48. The number of nitrogens with zero attached hydrogens (tertiary/aromatic N) is 2. The van der Waals surface area contributed by atoms with Gasteiger partial charge in [-0.25, -0.2) is 9.34 Å². The predicted octanol–water partition coefficient (Wildman–Crippen LogP) is 2.71. The highest BCUT2D eigenvalue weighted by Crippen LogP contribution is 2.69. The standard InChI is InChI=1S/C12H18F3N2O2P/c1-16(2)20(19,17(3)4)11(18,12(13,14)15)10-8-6-5-7-9-10/h5-9,18H,1-4H3. The van der Waals surface area contributed by atoms with Crippen LogP contribution in [0.4, 0.5) is 13.2 Å². The molecule has 0 spiro atoms. The summed E-state index contributed by atoms with van der Waals surface area (Å²) in [6, 6.07) is 6.49. The van der Waals surface area contributed by atoms with E-state index in [0.717, 1.165) is 21.5 Å². The molecule has 1 unspecified atom stereocenters. The summed E-state index contributed by atoms with van der Waals surface area (Å²) in [6.07, 6.45) is -5.08. The highest BCUT2D eigenvalue weighted by molar-refractivity contribution is 7.60. The first kappa shape index (κ1) is 17.2.